The Labute approximate surface area is 95.0 Å². The number of hydrogen-bond acceptors (Lipinski definition) is 2. The number of nitrogens with one attached hydrogen (secondary N) is 2. The summed E-state index contributed by atoms with van der Waals surface area (Å²) in [5, 5.41) is 21.8. The van der Waals surface area contributed by atoms with Crippen molar-refractivity contribution in [2.75, 3.05) is 13.1 Å². The molecule has 94 valence electrons. The number of carboxylic acid groups (broad SMARTS) is 2. The third-order valence-electron chi connectivity index (χ3n) is 3.11. The van der Waals surface area contributed by atoms with E-state index in [9.17, 15) is 9.59 Å². The highest BCUT2D eigenvalue weighted by molar-refractivity contribution is 5.65. The predicted octanol–water partition coefficient (Wildman–Crippen LogP) is 1.57. The highest BCUT2D eigenvalue weighted by atomic mass is 16.4. The van der Waals surface area contributed by atoms with Crippen LogP contribution in [0, 0.1) is 11.3 Å². The molecular weight excluding hydrogens is 212 g/mol. The fourth-order valence-electron chi connectivity index (χ4n) is 1.63. The lowest BCUT2D eigenvalue weighted by Gasteiger charge is -2.36. The van der Waals surface area contributed by atoms with Crippen molar-refractivity contribution in [2.45, 2.75) is 27.2 Å². The van der Waals surface area contributed by atoms with Crippen LogP contribution < -0.4 is 10.6 Å². The van der Waals surface area contributed by atoms with E-state index in [-0.39, 0.29) is 24.4 Å². The van der Waals surface area contributed by atoms with Crippen LogP contribution in [0.4, 0.5) is 9.59 Å². The Balaban J connectivity index is 4.57. The summed E-state index contributed by atoms with van der Waals surface area (Å²) in [4.78, 5) is 20.9. The maximum atomic E-state index is 10.5. The second-order valence-electron chi connectivity index (χ2n) is 4.19. The first-order chi connectivity index (χ1) is 7.34. The maximum Gasteiger partial charge on any atom is 0.404 e. The molecule has 0 aromatic heterocycles. The molecule has 0 aliphatic heterocycles. The van der Waals surface area contributed by atoms with Gasteiger partial charge in [0.2, 0.25) is 0 Å². The zero-order valence-electron chi connectivity index (χ0n) is 9.91. The van der Waals surface area contributed by atoms with Gasteiger partial charge in [0.1, 0.15) is 0 Å². The van der Waals surface area contributed by atoms with Gasteiger partial charge in [0, 0.05) is 18.5 Å². The van der Waals surface area contributed by atoms with E-state index in [0.29, 0.717) is 6.42 Å². The SMILES string of the molecule is CCC(CNC(=O)O)(CNC(=O)O)C(C)C. The quantitative estimate of drug-likeness (QED) is 0.558. The van der Waals surface area contributed by atoms with Crippen LogP contribution in [0.25, 0.3) is 0 Å². The second kappa shape index (κ2) is 6.19. The largest absolute Gasteiger partial charge is 0.465 e. The van der Waals surface area contributed by atoms with Gasteiger partial charge in [-0.3, -0.25) is 0 Å². The molecule has 0 rings (SSSR count). The average Bonchev–Trinajstić information content (AvgIpc) is 2.17. The topological polar surface area (TPSA) is 98.7 Å². The van der Waals surface area contributed by atoms with E-state index in [1.807, 2.05) is 20.8 Å². The normalized spacial score (nSPS) is 11.2. The van der Waals surface area contributed by atoms with Gasteiger partial charge in [-0.2, -0.15) is 0 Å². The van der Waals surface area contributed by atoms with Gasteiger partial charge in [-0.1, -0.05) is 20.8 Å². The number of rotatable bonds is 6. The van der Waals surface area contributed by atoms with E-state index in [1.165, 1.54) is 0 Å². The van der Waals surface area contributed by atoms with Crippen molar-refractivity contribution in [3.8, 4) is 0 Å². The van der Waals surface area contributed by atoms with E-state index < -0.39 is 12.2 Å². The zero-order valence-corrected chi connectivity index (χ0v) is 9.91. The summed E-state index contributed by atoms with van der Waals surface area (Å²) in [6.45, 7) is 6.33. The summed E-state index contributed by atoms with van der Waals surface area (Å²) in [5.74, 6) is 0.177. The summed E-state index contributed by atoms with van der Waals surface area (Å²) in [7, 11) is 0. The zero-order chi connectivity index (χ0) is 12.8. The number of hydrogen-bond donors (Lipinski definition) is 4. The van der Waals surface area contributed by atoms with Crippen molar-refractivity contribution in [3.63, 3.8) is 0 Å². The molecule has 0 saturated heterocycles. The van der Waals surface area contributed by atoms with E-state index >= 15 is 0 Å². The highest BCUT2D eigenvalue weighted by Gasteiger charge is 2.32. The molecule has 0 heterocycles. The van der Waals surface area contributed by atoms with Crippen molar-refractivity contribution < 1.29 is 19.8 Å². The molecule has 0 aromatic rings. The average molecular weight is 232 g/mol. The van der Waals surface area contributed by atoms with Crippen molar-refractivity contribution >= 4 is 12.2 Å². The lowest BCUT2D eigenvalue weighted by atomic mass is 9.74. The van der Waals surface area contributed by atoms with Crippen molar-refractivity contribution in [1.29, 1.82) is 0 Å². The predicted molar refractivity (Wildman–Crippen MR) is 59.6 cm³/mol. The van der Waals surface area contributed by atoms with Crippen molar-refractivity contribution in [2.24, 2.45) is 11.3 Å². The van der Waals surface area contributed by atoms with E-state index in [4.69, 9.17) is 10.2 Å². The second-order valence-corrected chi connectivity index (χ2v) is 4.19. The Bertz CT molecular complexity index is 235. The van der Waals surface area contributed by atoms with Crippen LogP contribution in [-0.4, -0.2) is 35.5 Å². The van der Waals surface area contributed by atoms with Gasteiger partial charge in [0.15, 0.2) is 0 Å². The van der Waals surface area contributed by atoms with Gasteiger partial charge in [-0.25, -0.2) is 9.59 Å². The number of carbonyl (C=O) groups is 2. The van der Waals surface area contributed by atoms with Gasteiger partial charge in [0.05, 0.1) is 0 Å². The van der Waals surface area contributed by atoms with Crippen LogP contribution in [-0.2, 0) is 0 Å². The van der Waals surface area contributed by atoms with Crippen LogP contribution in [0.5, 0.6) is 0 Å². The summed E-state index contributed by atoms with van der Waals surface area (Å²) in [6, 6.07) is 0. The van der Waals surface area contributed by atoms with Crippen LogP contribution in [0.1, 0.15) is 27.2 Å². The minimum absolute atomic E-state index is 0.177. The minimum atomic E-state index is -1.09. The molecule has 0 atom stereocenters. The maximum absolute atomic E-state index is 10.5. The minimum Gasteiger partial charge on any atom is -0.465 e. The molecule has 0 aliphatic carbocycles. The molecule has 2 amide bonds. The van der Waals surface area contributed by atoms with Crippen molar-refractivity contribution in [3.05, 3.63) is 0 Å². The molecule has 0 bridgehead atoms. The molecule has 0 fully saturated rings. The summed E-state index contributed by atoms with van der Waals surface area (Å²) >= 11 is 0. The Morgan fingerprint density at radius 2 is 1.50 bits per heavy atom. The first-order valence-electron chi connectivity index (χ1n) is 5.27. The summed E-state index contributed by atoms with van der Waals surface area (Å²) in [6.07, 6.45) is -1.48. The molecule has 0 saturated carbocycles. The van der Waals surface area contributed by atoms with Gasteiger partial charge in [0.25, 0.3) is 0 Å². The fraction of sp³-hybridized carbons (Fsp3) is 0.800. The third kappa shape index (κ3) is 4.37. The highest BCUT2D eigenvalue weighted by Crippen LogP contribution is 2.30. The fourth-order valence-corrected chi connectivity index (χ4v) is 1.63. The molecular formula is C10H20N2O4. The molecule has 16 heavy (non-hydrogen) atoms. The molecule has 0 aromatic carbocycles. The standard InChI is InChI=1S/C10H20N2O4/c1-4-10(7(2)3,5-11-8(13)14)6-12-9(15)16/h7,11-12H,4-6H2,1-3H3,(H,13,14)(H,15,16). The molecule has 4 N–H and O–H groups in total. The molecule has 6 nitrogen and oxygen atoms in total. The van der Waals surface area contributed by atoms with Gasteiger partial charge in [-0.05, 0) is 12.3 Å². The lowest BCUT2D eigenvalue weighted by Crippen LogP contribution is -2.47. The number of amides is 2. The lowest BCUT2D eigenvalue weighted by molar-refractivity contribution is 0.143. The van der Waals surface area contributed by atoms with Gasteiger partial charge in [-0.15, -0.1) is 0 Å². The van der Waals surface area contributed by atoms with Crippen LogP contribution in [0.15, 0.2) is 0 Å². The smallest absolute Gasteiger partial charge is 0.404 e. The molecule has 6 heteroatoms. The molecule has 0 aliphatic rings. The van der Waals surface area contributed by atoms with Crippen LogP contribution in [0.3, 0.4) is 0 Å². The first kappa shape index (κ1) is 14.5. The van der Waals surface area contributed by atoms with Gasteiger partial charge >= 0.3 is 12.2 Å². The summed E-state index contributed by atoms with van der Waals surface area (Å²) < 4.78 is 0. The Hall–Kier alpha value is -1.46. The Morgan fingerprint density at radius 1 is 1.12 bits per heavy atom. The van der Waals surface area contributed by atoms with Gasteiger partial charge < -0.3 is 20.8 Å². The summed E-state index contributed by atoms with van der Waals surface area (Å²) in [5.41, 5.74) is -0.378. The third-order valence-corrected chi connectivity index (χ3v) is 3.11. The van der Waals surface area contributed by atoms with E-state index in [2.05, 4.69) is 10.6 Å². The molecule has 0 spiro atoms. The van der Waals surface area contributed by atoms with Crippen molar-refractivity contribution in [1.82, 2.24) is 10.6 Å². The Kier molecular flexibility index (Phi) is 5.63. The molecule has 0 radical (unpaired) electrons. The van der Waals surface area contributed by atoms with Crippen LogP contribution >= 0.6 is 0 Å². The van der Waals surface area contributed by atoms with E-state index in [0.717, 1.165) is 0 Å². The van der Waals surface area contributed by atoms with E-state index in [1.54, 1.807) is 0 Å². The molecule has 0 unspecified atom stereocenters. The Morgan fingerprint density at radius 3 is 1.69 bits per heavy atom. The first-order valence-corrected chi connectivity index (χ1v) is 5.27. The van der Waals surface area contributed by atoms with Crippen LogP contribution in [0.2, 0.25) is 0 Å². The monoisotopic (exact) mass is 232 g/mol.